The van der Waals surface area contributed by atoms with E-state index < -0.39 is 0 Å². The van der Waals surface area contributed by atoms with Crippen LogP contribution in [0.25, 0.3) is 28.2 Å². The molecule has 2 nitrogen and oxygen atoms in total. The van der Waals surface area contributed by atoms with Gasteiger partial charge >= 0.3 is 0 Å². The topological polar surface area (TPSA) is 17.8 Å². The van der Waals surface area contributed by atoms with Gasteiger partial charge in [0, 0.05) is 18.0 Å². The van der Waals surface area contributed by atoms with Crippen LogP contribution in [0, 0.1) is 0 Å². The van der Waals surface area contributed by atoms with Crippen molar-refractivity contribution in [2.75, 3.05) is 0 Å². The number of nitrogens with zero attached hydrogens (tertiary/aromatic N) is 2. The van der Waals surface area contributed by atoms with Crippen molar-refractivity contribution in [1.29, 1.82) is 0 Å². The summed E-state index contributed by atoms with van der Waals surface area (Å²) in [5.41, 5.74) is 8.35. The molecule has 1 aliphatic carbocycles. The van der Waals surface area contributed by atoms with Crippen molar-refractivity contribution in [1.82, 2.24) is 9.55 Å². The molecule has 1 aromatic heterocycles. The van der Waals surface area contributed by atoms with Gasteiger partial charge in [-0.3, -0.25) is 4.57 Å². The molecule has 1 fully saturated rings. The summed E-state index contributed by atoms with van der Waals surface area (Å²) in [6.07, 6.45) is 17.0. The first kappa shape index (κ1) is 25.5. The summed E-state index contributed by atoms with van der Waals surface area (Å²) in [6, 6.07) is 26.8. The molecule has 0 bridgehead atoms. The minimum absolute atomic E-state index is 0.553. The first-order valence-corrected chi connectivity index (χ1v) is 14.6. The fraction of sp³-hybridized carbons (Fsp3) is 0.400. The first-order valence-electron chi connectivity index (χ1n) is 14.6. The molecular formula is C35H42N2. The van der Waals surface area contributed by atoms with Crippen LogP contribution < -0.4 is 0 Å². The highest BCUT2D eigenvalue weighted by molar-refractivity contribution is 5.71. The van der Waals surface area contributed by atoms with Crippen molar-refractivity contribution in [3.63, 3.8) is 0 Å². The smallest absolute Gasteiger partial charge is 0.144 e. The molecule has 0 saturated heterocycles. The predicted molar refractivity (Wildman–Crippen MR) is 157 cm³/mol. The van der Waals surface area contributed by atoms with E-state index >= 15 is 0 Å². The van der Waals surface area contributed by atoms with Gasteiger partial charge in [0.2, 0.25) is 0 Å². The summed E-state index contributed by atoms with van der Waals surface area (Å²) < 4.78 is 2.43. The van der Waals surface area contributed by atoms with E-state index in [1.807, 2.05) is 6.20 Å². The summed E-state index contributed by atoms with van der Waals surface area (Å²) in [6.45, 7) is 4.66. The van der Waals surface area contributed by atoms with E-state index in [1.54, 1.807) is 0 Å². The van der Waals surface area contributed by atoms with Gasteiger partial charge in [-0.1, -0.05) is 113 Å². The van der Waals surface area contributed by atoms with Gasteiger partial charge in [0.05, 0.1) is 5.69 Å². The second kappa shape index (κ2) is 12.4. The molecule has 0 radical (unpaired) electrons. The van der Waals surface area contributed by atoms with Crippen LogP contribution in [-0.4, -0.2) is 9.55 Å². The Bertz CT molecular complexity index is 1250. The average molecular weight is 491 g/mol. The van der Waals surface area contributed by atoms with Gasteiger partial charge in [-0.2, -0.15) is 0 Å². The van der Waals surface area contributed by atoms with E-state index in [-0.39, 0.29) is 0 Å². The van der Waals surface area contributed by atoms with Crippen LogP contribution in [-0.2, 0) is 0 Å². The Labute approximate surface area is 223 Å². The van der Waals surface area contributed by atoms with E-state index in [4.69, 9.17) is 4.98 Å². The fourth-order valence-electron chi connectivity index (χ4n) is 6.33. The van der Waals surface area contributed by atoms with Gasteiger partial charge in [0.1, 0.15) is 5.82 Å². The molecule has 1 heterocycles. The Morgan fingerprint density at radius 3 is 2.16 bits per heavy atom. The maximum atomic E-state index is 4.90. The maximum absolute atomic E-state index is 4.90. The number of benzene rings is 3. The Kier molecular flexibility index (Phi) is 8.56. The van der Waals surface area contributed by atoms with Crippen LogP contribution >= 0.6 is 0 Å². The van der Waals surface area contributed by atoms with Crippen LogP contribution in [0.2, 0.25) is 0 Å². The van der Waals surface area contributed by atoms with Gasteiger partial charge in [-0.05, 0) is 71.9 Å². The van der Waals surface area contributed by atoms with Crippen LogP contribution in [0.15, 0.2) is 85.2 Å². The van der Waals surface area contributed by atoms with E-state index in [0.29, 0.717) is 11.8 Å². The SMILES string of the molecule is CCCCC(CCC)c1cc(-c2ccccc2)cc(C2CCCCC2)c1-n1ccnc1-c1ccccc1. The van der Waals surface area contributed by atoms with Gasteiger partial charge in [-0.25, -0.2) is 4.98 Å². The molecule has 0 spiro atoms. The number of rotatable bonds is 10. The summed E-state index contributed by atoms with van der Waals surface area (Å²) in [7, 11) is 0. The first-order chi connectivity index (χ1) is 18.3. The molecule has 0 aliphatic heterocycles. The predicted octanol–water partition coefficient (Wildman–Crippen LogP) is 10.3. The standard InChI is InChI=1S/C35H42N2/c1-3-5-16-28(15-4-2)32-25-31(27-17-9-6-10-18-27)26-33(29-19-11-7-12-20-29)34(32)37-24-23-36-35(37)30-21-13-8-14-22-30/h6,8-10,13-14,17-18,21-26,28-29H,3-5,7,11-12,15-16,19-20H2,1-2H3. The molecular weight excluding hydrogens is 448 g/mol. The highest BCUT2D eigenvalue weighted by Crippen LogP contribution is 2.44. The van der Waals surface area contributed by atoms with Crippen molar-refractivity contribution in [3.8, 4) is 28.2 Å². The van der Waals surface area contributed by atoms with E-state index in [1.165, 1.54) is 97.7 Å². The zero-order valence-corrected chi connectivity index (χ0v) is 22.7. The van der Waals surface area contributed by atoms with E-state index in [0.717, 1.165) is 5.82 Å². The van der Waals surface area contributed by atoms with Crippen molar-refractivity contribution < 1.29 is 0 Å². The molecule has 4 aromatic rings. The molecule has 0 amide bonds. The minimum atomic E-state index is 0.553. The van der Waals surface area contributed by atoms with Crippen LogP contribution in [0.4, 0.5) is 0 Å². The van der Waals surface area contributed by atoms with Crippen LogP contribution in [0.5, 0.6) is 0 Å². The summed E-state index contributed by atoms with van der Waals surface area (Å²) >= 11 is 0. The second-order valence-corrected chi connectivity index (χ2v) is 10.8. The highest BCUT2D eigenvalue weighted by Gasteiger charge is 2.27. The fourth-order valence-corrected chi connectivity index (χ4v) is 6.33. The minimum Gasteiger partial charge on any atom is -0.299 e. The van der Waals surface area contributed by atoms with Crippen LogP contribution in [0.1, 0.15) is 101 Å². The Hall–Kier alpha value is -3.13. The van der Waals surface area contributed by atoms with Crippen LogP contribution in [0.3, 0.4) is 0 Å². The lowest BCUT2D eigenvalue weighted by atomic mass is 9.78. The van der Waals surface area contributed by atoms with Crippen molar-refractivity contribution in [3.05, 3.63) is 96.3 Å². The Morgan fingerprint density at radius 1 is 0.784 bits per heavy atom. The summed E-state index contributed by atoms with van der Waals surface area (Å²) in [4.78, 5) is 4.90. The molecule has 2 heteroatoms. The molecule has 1 unspecified atom stereocenters. The maximum Gasteiger partial charge on any atom is 0.144 e. The third-order valence-corrected chi connectivity index (χ3v) is 8.22. The number of unbranched alkanes of at least 4 members (excludes halogenated alkanes) is 1. The quantitative estimate of drug-likeness (QED) is 0.216. The number of imidazole rings is 1. The molecule has 192 valence electrons. The van der Waals surface area contributed by atoms with E-state index in [2.05, 4.69) is 97.4 Å². The number of hydrogen-bond acceptors (Lipinski definition) is 1. The number of hydrogen-bond donors (Lipinski definition) is 0. The largest absolute Gasteiger partial charge is 0.299 e. The van der Waals surface area contributed by atoms with Gasteiger partial charge in [0.15, 0.2) is 0 Å². The molecule has 1 atom stereocenters. The summed E-state index contributed by atoms with van der Waals surface area (Å²) in [5.74, 6) is 2.21. The monoisotopic (exact) mass is 490 g/mol. The zero-order valence-electron chi connectivity index (χ0n) is 22.7. The second-order valence-electron chi connectivity index (χ2n) is 10.8. The molecule has 37 heavy (non-hydrogen) atoms. The molecule has 1 aliphatic rings. The Morgan fingerprint density at radius 2 is 1.49 bits per heavy atom. The third-order valence-electron chi connectivity index (χ3n) is 8.22. The molecule has 1 saturated carbocycles. The molecule has 0 N–H and O–H groups in total. The van der Waals surface area contributed by atoms with Gasteiger partial charge in [-0.15, -0.1) is 0 Å². The lowest BCUT2D eigenvalue weighted by Crippen LogP contribution is -2.14. The molecule has 5 rings (SSSR count). The zero-order chi connectivity index (χ0) is 25.5. The lowest BCUT2D eigenvalue weighted by molar-refractivity contribution is 0.442. The van der Waals surface area contributed by atoms with Crippen molar-refractivity contribution >= 4 is 0 Å². The molecule has 3 aromatic carbocycles. The lowest BCUT2D eigenvalue weighted by Gasteiger charge is -2.30. The third kappa shape index (κ3) is 5.74. The average Bonchev–Trinajstić information content (AvgIpc) is 3.46. The van der Waals surface area contributed by atoms with Gasteiger partial charge < -0.3 is 0 Å². The Balaban J connectivity index is 1.77. The van der Waals surface area contributed by atoms with Crippen molar-refractivity contribution in [2.45, 2.75) is 89.9 Å². The van der Waals surface area contributed by atoms with Gasteiger partial charge in [0.25, 0.3) is 0 Å². The normalized spacial score (nSPS) is 15.1. The highest BCUT2D eigenvalue weighted by atomic mass is 15.1. The number of aromatic nitrogens is 2. The van der Waals surface area contributed by atoms with E-state index in [9.17, 15) is 0 Å². The summed E-state index contributed by atoms with van der Waals surface area (Å²) in [5, 5.41) is 0. The van der Waals surface area contributed by atoms with Crippen molar-refractivity contribution in [2.24, 2.45) is 0 Å².